The second-order valence-electron chi connectivity index (χ2n) is 8.00. The first kappa shape index (κ1) is 23.6. The highest BCUT2D eigenvalue weighted by Gasteiger charge is 2.54. The van der Waals surface area contributed by atoms with Gasteiger partial charge in [0.2, 0.25) is 0 Å². The van der Waals surface area contributed by atoms with Gasteiger partial charge < -0.3 is 21.0 Å². The molecule has 2 aliphatic heterocycles. The zero-order valence-electron chi connectivity index (χ0n) is 18.9. The molecule has 0 spiro atoms. The number of fused-ring (bicyclic) bond motifs is 1. The minimum atomic E-state index is -1.22. The number of thiazole rings is 2. The lowest BCUT2D eigenvalue weighted by Gasteiger charge is -2.50. The topological polar surface area (TPSA) is 160 Å². The Hall–Kier alpha value is -4.10. The van der Waals surface area contributed by atoms with E-state index in [2.05, 4.69) is 20.4 Å². The van der Waals surface area contributed by atoms with Crippen molar-refractivity contribution in [1.29, 1.82) is 0 Å². The van der Waals surface area contributed by atoms with Crippen molar-refractivity contribution >= 4 is 56.9 Å². The van der Waals surface area contributed by atoms with Gasteiger partial charge in [0.05, 0.1) is 11.7 Å². The molecule has 2 amide bonds. The Morgan fingerprint density at radius 3 is 2.67 bits per heavy atom. The molecule has 0 bridgehead atoms. The number of anilines is 1. The number of allylic oxidation sites excluding steroid dienone is 1. The summed E-state index contributed by atoms with van der Waals surface area (Å²) in [6.45, 7) is 0. The molecule has 0 aliphatic carbocycles. The zero-order valence-corrected chi connectivity index (χ0v) is 20.5. The summed E-state index contributed by atoms with van der Waals surface area (Å²) >= 11 is 2.54. The van der Waals surface area contributed by atoms with E-state index in [0.29, 0.717) is 24.1 Å². The summed E-state index contributed by atoms with van der Waals surface area (Å²) in [4.78, 5) is 52.9. The predicted molar refractivity (Wildman–Crippen MR) is 134 cm³/mol. The van der Waals surface area contributed by atoms with E-state index in [1.807, 2.05) is 30.3 Å². The number of amides is 2. The number of nitrogens with one attached hydrogen (secondary N) is 1. The van der Waals surface area contributed by atoms with E-state index in [4.69, 9.17) is 10.6 Å². The van der Waals surface area contributed by atoms with Crippen LogP contribution >= 0.6 is 22.7 Å². The summed E-state index contributed by atoms with van der Waals surface area (Å²) in [6, 6.07) is 8.17. The molecule has 184 valence electrons. The normalized spacial score (nSPS) is 19.5. The Bertz CT molecular complexity index is 1410. The number of hydrogen-bond acceptors (Lipinski definition) is 10. The minimum Gasteiger partial charge on any atom is -0.477 e. The number of β-lactam (4-membered cyclic amide) rings is 1. The van der Waals surface area contributed by atoms with Crippen LogP contribution in [0.4, 0.5) is 5.13 Å². The van der Waals surface area contributed by atoms with Gasteiger partial charge in [0.25, 0.3) is 11.8 Å². The van der Waals surface area contributed by atoms with Crippen molar-refractivity contribution in [3.05, 3.63) is 58.2 Å². The van der Waals surface area contributed by atoms with Crippen LogP contribution in [0.5, 0.6) is 0 Å². The minimum absolute atomic E-state index is 0.107. The number of carboxylic acids is 1. The fourth-order valence-corrected chi connectivity index (χ4v) is 5.73. The molecule has 3 aromatic rings. The van der Waals surface area contributed by atoms with Gasteiger partial charge in [-0.25, -0.2) is 14.8 Å². The number of oxime groups is 1. The second-order valence-corrected chi connectivity index (χ2v) is 9.74. The lowest BCUT2D eigenvalue weighted by atomic mass is 9.82. The number of carbonyl (C=O) groups is 3. The van der Waals surface area contributed by atoms with Gasteiger partial charge in [-0.2, -0.15) is 0 Å². The number of aliphatic carboxylic acids is 1. The molecule has 11 nitrogen and oxygen atoms in total. The van der Waals surface area contributed by atoms with Crippen molar-refractivity contribution < 1.29 is 24.3 Å². The third-order valence-corrected chi connectivity index (χ3v) is 7.49. The van der Waals surface area contributed by atoms with Crippen LogP contribution in [-0.4, -0.2) is 62.7 Å². The number of nitrogens with zero attached hydrogens (tertiary/aromatic N) is 4. The second kappa shape index (κ2) is 9.51. The molecular formula is C23H20N6O5S2. The van der Waals surface area contributed by atoms with Crippen LogP contribution in [0.1, 0.15) is 24.2 Å². The molecule has 1 aromatic carbocycles. The Labute approximate surface area is 212 Å². The molecule has 2 aromatic heterocycles. The highest BCUT2D eigenvalue weighted by Crippen LogP contribution is 2.41. The number of rotatable bonds is 7. The lowest BCUT2D eigenvalue weighted by molar-refractivity contribution is -0.154. The fourth-order valence-electron chi connectivity index (χ4n) is 4.34. The third-order valence-electron chi connectivity index (χ3n) is 5.92. The standard InChI is InChI=1S/C23H20N6O5S2/c1-34-28-16(14-10-36-23(24)26-14)19(30)27-17-15-8-7-12(18(22(32)33)29(15)21(17)31)13-9-35-20(25-13)11-5-3-2-4-6-11/h2-6,9-10,15,17H,7-8H2,1H3,(H2,24,26)(H,27,30)(H,32,33)/b28-16+/t15-,17+/m1/s1. The van der Waals surface area contributed by atoms with Gasteiger partial charge in [-0.3, -0.25) is 14.5 Å². The van der Waals surface area contributed by atoms with Crippen molar-refractivity contribution in [2.45, 2.75) is 24.9 Å². The number of carbonyl (C=O) groups excluding carboxylic acids is 2. The third kappa shape index (κ3) is 4.12. The van der Waals surface area contributed by atoms with Crippen molar-refractivity contribution in [3.8, 4) is 10.6 Å². The molecule has 4 N–H and O–H groups in total. The van der Waals surface area contributed by atoms with Gasteiger partial charge in [-0.15, -0.1) is 22.7 Å². The van der Waals surface area contributed by atoms with Crippen LogP contribution in [0.15, 0.2) is 51.9 Å². The van der Waals surface area contributed by atoms with E-state index >= 15 is 0 Å². The Balaban J connectivity index is 1.39. The van der Waals surface area contributed by atoms with Gasteiger partial charge in [-0.05, 0) is 12.8 Å². The van der Waals surface area contributed by atoms with E-state index in [1.165, 1.54) is 23.3 Å². The van der Waals surface area contributed by atoms with E-state index in [9.17, 15) is 19.5 Å². The molecule has 0 radical (unpaired) electrons. The van der Waals surface area contributed by atoms with Crippen molar-refractivity contribution in [2.75, 3.05) is 12.8 Å². The molecule has 2 aliphatic rings. The number of hydrogen-bond donors (Lipinski definition) is 3. The van der Waals surface area contributed by atoms with Crippen molar-refractivity contribution in [2.24, 2.45) is 5.16 Å². The molecule has 1 fully saturated rings. The van der Waals surface area contributed by atoms with E-state index in [0.717, 1.165) is 21.9 Å². The molecule has 5 rings (SSSR count). The Morgan fingerprint density at radius 2 is 2.00 bits per heavy atom. The molecule has 0 saturated carbocycles. The average Bonchev–Trinajstić information content (AvgIpc) is 3.54. The van der Waals surface area contributed by atoms with Crippen LogP contribution in [0.25, 0.3) is 16.1 Å². The maximum Gasteiger partial charge on any atom is 0.352 e. The van der Waals surface area contributed by atoms with Gasteiger partial charge in [0.15, 0.2) is 10.8 Å². The first-order valence-corrected chi connectivity index (χ1v) is 12.6. The van der Waals surface area contributed by atoms with Gasteiger partial charge in [0, 0.05) is 21.9 Å². The molecular weight excluding hydrogens is 504 g/mol. The highest BCUT2D eigenvalue weighted by atomic mass is 32.1. The van der Waals surface area contributed by atoms with Gasteiger partial charge in [0.1, 0.15) is 29.6 Å². The number of carboxylic acid groups (broad SMARTS) is 1. The monoisotopic (exact) mass is 524 g/mol. The molecule has 2 atom stereocenters. The van der Waals surface area contributed by atoms with Crippen LogP contribution in [-0.2, 0) is 19.2 Å². The number of nitrogens with two attached hydrogens (primary N) is 1. The first-order chi connectivity index (χ1) is 17.4. The summed E-state index contributed by atoms with van der Waals surface area (Å²) in [5, 5.41) is 20.7. The quantitative estimate of drug-likeness (QED) is 0.241. The number of aromatic nitrogens is 2. The van der Waals surface area contributed by atoms with Gasteiger partial charge >= 0.3 is 5.97 Å². The molecule has 13 heteroatoms. The van der Waals surface area contributed by atoms with E-state index < -0.39 is 29.9 Å². The van der Waals surface area contributed by atoms with Crippen LogP contribution < -0.4 is 11.1 Å². The zero-order chi connectivity index (χ0) is 25.4. The van der Waals surface area contributed by atoms with Crippen LogP contribution in [0.2, 0.25) is 0 Å². The fraction of sp³-hybridized carbons (Fsp3) is 0.217. The van der Waals surface area contributed by atoms with Crippen molar-refractivity contribution in [1.82, 2.24) is 20.2 Å². The van der Waals surface area contributed by atoms with E-state index in [1.54, 1.807) is 10.8 Å². The summed E-state index contributed by atoms with van der Waals surface area (Å²) in [5.74, 6) is -2.41. The van der Waals surface area contributed by atoms with Crippen LogP contribution in [0, 0.1) is 0 Å². The summed E-state index contributed by atoms with van der Waals surface area (Å²) in [6.07, 6.45) is 0.851. The smallest absolute Gasteiger partial charge is 0.352 e. The summed E-state index contributed by atoms with van der Waals surface area (Å²) in [5.41, 5.74) is 7.60. The molecule has 1 saturated heterocycles. The maximum atomic E-state index is 13.1. The molecule has 0 unspecified atom stereocenters. The number of benzene rings is 1. The average molecular weight is 525 g/mol. The lowest BCUT2D eigenvalue weighted by Crippen LogP contribution is -2.72. The summed E-state index contributed by atoms with van der Waals surface area (Å²) < 4.78 is 0. The first-order valence-electron chi connectivity index (χ1n) is 10.8. The Morgan fingerprint density at radius 1 is 1.22 bits per heavy atom. The van der Waals surface area contributed by atoms with E-state index in [-0.39, 0.29) is 22.2 Å². The largest absolute Gasteiger partial charge is 0.477 e. The van der Waals surface area contributed by atoms with Gasteiger partial charge in [-0.1, -0.05) is 35.5 Å². The van der Waals surface area contributed by atoms with Crippen LogP contribution in [0.3, 0.4) is 0 Å². The van der Waals surface area contributed by atoms with Crippen molar-refractivity contribution in [3.63, 3.8) is 0 Å². The Kier molecular flexibility index (Phi) is 6.24. The summed E-state index contributed by atoms with van der Waals surface area (Å²) in [7, 11) is 1.29. The SMILES string of the molecule is CO/N=C(/C(=O)N[C@@H]1C(=O)N2C(C(=O)O)=C(c3csc(-c4ccccc4)n3)CC[C@H]12)c1csc(N)n1. The number of nitrogen functional groups attached to an aromatic ring is 1. The maximum absolute atomic E-state index is 13.1. The molecule has 36 heavy (non-hydrogen) atoms. The molecule has 4 heterocycles. The predicted octanol–water partition coefficient (Wildman–Crippen LogP) is 2.18. The highest BCUT2D eigenvalue weighted by molar-refractivity contribution is 7.13.